The molecule has 0 radical (unpaired) electrons. The Balaban J connectivity index is 1.76. The molecule has 2 aromatic carbocycles. The second-order valence-electron chi connectivity index (χ2n) is 8.46. The molecule has 0 saturated heterocycles. The fourth-order valence-corrected chi connectivity index (χ4v) is 4.62. The number of hydrogen-bond acceptors (Lipinski definition) is 3. The SMILES string of the molecule is O=C(O)C=Cc1ccc(C(=C(c2ncc(F)cc2Cl)C2CCC2)c2ccc3n[nH]c(F)c3c2)cc1. The quantitative estimate of drug-likeness (QED) is 0.292. The maximum Gasteiger partial charge on any atom is 0.328 e. The van der Waals surface area contributed by atoms with Crippen LogP contribution in [0.15, 0.2) is 60.8 Å². The van der Waals surface area contributed by atoms with Gasteiger partial charge in [0.25, 0.3) is 0 Å². The number of H-pyrrole nitrogens is 1. The van der Waals surface area contributed by atoms with Crippen LogP contribution in [0.4, 0.5) is 8.78 Å². The fraction of sp³-hybridized carbons (Fsp3) is 0.148. The van der Waals surface area contributed by atoms with Crippen molar-refractivity contribution in [1.29, 1.82) is 0 Å². The third-order valence-corrected chi connectivity index (χ3v) is 6.55. The number of carboxylic acid groups (broad SMARTS) is 1. The van der Waals surface area contributed by atoms with Gasteiger partial charge in [-0.1, -0.05) is 48.4 Å². The number of benzene rings is 2. The van der Waals surface area contributed by atoms with E-state index in [1.54, 1.807) is 12.1 Å². The molecule has 0 amide bonds. The van der Waals surface area contributed by atoms with Crippen molar-refractivity contribution in [1.82, 2.24) is 15.2 Å². The van der Waals surface area contributed by atoms with Gasteiger partial charge in [-0.25, -0.2) is 9.18 Å². The van der Waals surface area contributed by atoms with Crippen LogP contribution < -0.4 is 0 Å². The highest BCUT2D eigenvalue weighted by molar-refractivity contribution is 6.32. The minimum absolute atomic E-state index is 0.150. The number of rotatable bonds is 6. The number of allylic oxidation sites excluding steroid dienone is 1. The van der Waals surface area contributed by atoms with Crippen LogP contribution in [-0.2, 0) is 4.79 Å². The summed E-state index contributed by atoms with van der Waals surface area (Å²) in [7, 11) is 0. The van der Waals surface area contributed by atoms with Crippen LogP contribution in [0, 0.1) is 17.7 Å². The molecule has 1 saturated carbocycles. The molecule has 1 aliphatic rings. The molecule has 0 spiro atoms. The van der Waals surface area contributed by atoms with Crippen molar-refractivity contribution in [3.8, 4) is 0 Å². The molecule has 35 heavy (non-hydrogen) atoms. The zero-order valence-electron chi connectivity index (χ0n) is 18.4. The Morgan fingerprint density at radius 1 is 1.09 bits per heavy atom. The number of hydrogen-bond donors (Lipinski definition) is 2. The van der Waals surface area contributed by atoms with Gasteiger partial charge in [-0.15, -0.1) is 0 Å². The summed E-state index contributed by atoms with van der Waals surface area (Å²) in [5.41, 5.74) is 4.97. The summed E-state index contributed by atoms with van der Waals surface area (Å²) in [5, 5.41) is 15.8. The van der Waals surface area contributed by atoms with E-state index in [-0.39, 0.29) is 10.9 Å². The molecule has 176 valence electrons. The zero-order chi connectivity index (χ0) is 24.5. The van der Waals surface area contributed by atoms with Gasteiger partial charge in [-0.05, 0) is 70.9 Å². The highest BCUT2D eigenvalue weighted by Crippen LogP contribution is 2.46. The van der Waals surface area contributed by atoms with Crippen LogP contribution in [0.2, 0.25) is 5.02 Å². The van der Waals surface area contributed by atoms with Gasteiger partial charge < -0.3 is 5.11 Å². The molecule has 1 aliphatic carbocycles. The topological polar surface area (TPSA) is 78.9 Å². The van der Waals surface area contributed by atoms with Crippen molar-refractivity contribution in [3.63, 3.8) is 0 Å². The number of nitrogens with one attached hydrogen (secondary N) is 1. The molecular formula is C27H20ClF2N3O2. The lowest BCUT2D eigenvalue weighted by Crippen LogP contribution is -2.16. The van der Waals surface area contributed by atoms with E-state index in [4.69, 9.17) is 16.7 Å². The smallest absolute Gasteiger partial charge is 0.328 e. The lowest BCUT2D eigenvalue weighted by atomic mass is 9.74. The summed E-state index contributed by atoms with van der Waals surface area (Å²) in [4.78, 5) is 15.2. The summed E-state index contributed by atoms with van der Waals surface area (Å²) in [5.74, 6) is -1.94. The molecule has 4 aromatic rings. The number of nitrogens with zero attached hydrogens (tertiary/aromatic N) is 2. The normalized spacial score (nSPS) is 14.8. The van der Waals surface area contributed by atoms with Crippen molar-refractivity contribution < 1.29 is 18.7 Å². The molecule has 0 unspecified atom stereocenters. The van der Waals surface area contributed by atoms with Crippen LogP contribution >= 0.6 is 11.6 Å². The number of aromatic nitrogens is 3. The van der Waals surface area contributed by atoms with Gasteiger partial charge in [-0.3, -0.25) is 10.1 Å². The average molecular weight is 492 g/mol. The Morgan fingerprint density at radius 3 is 2.49 bits per heavy atom. The monoisotopic (exact) mass is 491 g/mol. The number of fused-ring (bicyclic) bond motifs is 1. The van der Waals surface area contributed by atoms with Gasteiger partial charge in [0, 0.05) is 6.08 Å². The van der Waals surface area contributed by atoms with Gasteiger partial charge in [0.2, 0.25) is 5.95 Å². The molecule has 5 nitrogen and oxygen atoms in total. The van der Waals surface area contributed by atoms with Gasteiger partial charge in [0.05, 0.1) is 27.8 Å². The molecule has 1 fully saturated rings. The standard InChI is InChI=1S/C27H20ClF2N3O2/c28-21-13-19(29)14-31-26(21)25(16-2-1-3-16)24(17-7-4-15(5-8-17)6-11-23(34)35)18-9-10-22-20(12-18)27(30)33-32-22/h4-14,16H,1-3H2,(H,32,33)(H,34,35). The molecular weight excluding hydrogens is 472 g/mol. The molecule has 0 bridgehead atoms. The van der Waals surface area contributed by atoms with Crippen molar-refractivity contribution in [2.75, 3.05) is 0 Å². The first-order chi connectivity index (χ1) is 16.9. The summed E-state index contributed by atoms with van der Waals surface area (Å²) in [6.07, 6.45) is 6.63. The minimum atomic E-state index is -1.03. The number of carbonyl (C=O) groups is 1. The number of halogens is 3. The second kappa shape index (κ2) is 9.43. The maximum atomic E-state index is 14.4. The van der Waals surface area contributed by atoms with Crippen molar-refractivity contribution >= 4 is 45.7 Å². The molecule has 2 aromatic heterocycles. The predicted octanol–water partition coefficient (Wildman–Crippen LogP) is 6.75. The predicted molar refractivity (Wildman–Crippen MR) is 132 cm³/mol. The van der Waals surface area contributed by atoms with Crippen molar-refractivity contribution in [2.45, 2.75) is 19.3 Å². The minimum Gasteiger partial charge on any atom is -0.478 e. The first kappa shape index (κ1) is 22.9. The summed E-state index contributed by atoms with van der Waals surface area (Å²) in [6.45, 7) is 0. The van der Waals surface area contributed by atoms with E-state index in [1.807, 2.05) is 30.3 Å². The third-order valence-electron chi connectivity index (χ3n) is 6.26. The Morgan fingerprint density at radius 2 is 1.83 bits per heavy atom. The average Bonchev–Trinajstić information content (AvgIpc) is 3.17. The van der Waals surface area contributed by atoms with Gasteiger partial charge in [0.15, 0.2) is 0 Å². The fourth-order valence-electron chi connectivity index (χ4n) is 4.37. The zero-order valence-corrected chi connectivity index (χ0v) is 19.2. The van der Waals surface area contributed by atoms with E-state index in [0.29, 0.717) is 16.6 Å². The van der Waals surface area contributed by atoms with Gasteiger partial charge in [-0.2, -0.15) is 9.49 Å². The van der Waals surface area contributed by atoms with Crippen molar-refractivity contribution in [2.24, 2.45) is 5.92 Å². The van der Waals surface area contributed by atoms with Crippen LogP contribution in [0.3, 0.4) is 0 Å². The van der Waals surface area contributed by atoms with E-state index >= 15 is 0 Å². The summed E-state index contributed by atoms with van der Waals surface area (Å²) >= 11 is 6.49. The van der Waals surface area contributed by atoms with Gasteiger partial charge in [0.1, 0.15) is 5.82 Å². The number of aliphatic carboxylic acids is 1. The second-order valence-corrected chi connectivity index (χ2v) is 8.87. The van der Waals surface area contributed by atoms with Crippen LogP contribution in [0.25, 0.3) is 28.1 Å². The molecule has 8 heteroatoms. The molecule has 5 rings (SSSR count). The molecule has 0 atom stereocenters. The van der Waals surface area contributed by atoms with E-state index in [2.05, 4.69) is 15.2 Å². The Hall–Kier alpha value is -3.84. The first-order valence-electron chi connectivity index (χ1n) is 11.1. The van der Waals surface area contributed by atoms with Crippen LogP contribution in [0.1, 0.15) is 41.6 Å². The molecule has 0 aliphatic heterocycles. The van der Waals surface area contributed by atoms with Crippen LogP contribution in [0.5, 0.6) is 0 Å². The van der Waals surface area contributed by atoms with E-state index < -0.39 is 17.7 Å². The highest BCUT2D eigenvalue weighted by atomic mass is 35.5. The Bertz CT molecular complexity index is 1490. The lowest BCUT2D eigenvalue weighted by Gasteiger charge is -2.31. The van der Waals surface area contributed by atoms with Crippen molar-refractivity contribution in [3.05, 3.63) is 100.0 Å². The number of carboxylic acids is 1. The van der Waals surface area contributed by atoms with E-state index in [9.17, 15) is 13.6 Å². The molecule has 2 N–H and O–H groups in total. The number of pyridine rings is 1. The highest BCUT2D eigenvalue weighted by Gasteiger charge is 2.29. The van der Waals surface area contributed by atoms with E-state index in [1.165, 1.54) is 12.1 Å². The van der Waals surface area contributed by atoms with Gasteiger partial charge >= 0.3 is 5.97 Å². The largest absolute Gasteiger partial charge is 0.478 e. The summed E-state index contributed by atoms with van der Waals surface area (Å²) < 4.78 is 28.2. The Kier molecular flexibility index (Phi) is 6.17. The lowest BCUT2D eigenvalue weighted by molar-refractivity contribution is -0.131. The Labute approximate surface area is 204 Å². The maximum absolute atomic E-state index is 14.4. The van der Waals surface area contributed by atoms with Crippen LogP contribution in [-0.4, -0.2) is 26.3 Å². The summed E-state index contributed by atoms with van der Waals surface area (Å²) in [6, 6.07) is 14.0. The molecule has 2 heterocycles. The first-order valence-corrected chi connectivity index (χ1v) is 11.5. The number of aromatic amines is 1. The van der Waals surface area contributed by atoms with E-state index in [0.717, 1.165) is 59.4 Å². The third kappa shape index (κ3) is 4.59.